The van der Waals surface area contributed by atoms with Gasteiger partial charge < -0.3 is 0 Å². The highest BCUT2D eigenvalue weighted by Gasteiger charge is 2.37. The van der Waals surface area contributed by atoms with Crippen molar-refractivity contribution >= 4 is 11.1 Å². The molecule has 2 aliphatic rings. The molecule has 0 radical (unpaired) electrons. The minimum atomic E-state index is 0.462. The van der Waals surface area contributed by atoms with Gasteiger partial charge in [0.05, 0.1) is 0 Å². The molecule has 116 valence electrons. The first-order valence-corrected chi connectivity index (χ1v) is 8.50. The zero-order valence-corrected chi connectivity index (χ0v) is 14.4. The third-order valence-electron chi connectivity index (χ3n) is 5.79. The summed E-state index contributed by atoms with van der Waals surface area (Å²) in [5.74, 6) is 0. The minimum absolute atomic E-state index is 0.462. The van der Waals surface area contributed by atoms with Crippen molar-refractivity contribution in [2.75, 3.05) is 0 Å². The van der Waals surface area contributed by atoms with Crippen LogP contribution in [-0.2, 0) is 0 Å². The molecule has 2 nitrogen and oxygen atoms in total. The lowest BCUT2D eigenvalue weighted by atomic mass is 9.94. The van der Waals surface area contributed by atoms with Crippen LogP contribution in [0.15, 0.2) is 59.9 Å². The molecule has 0 fully saturated rings. The van der Waals surface area contributed by atoms with Gasteiger partial charge in [-0.05, 0) is 26.0 Å². The van der Waals surface area contributed by atoms with E-state index in [1.54, 1.807) is 0 Å². The Bertz CT molecular complexity index is 786. The quantitative estimate of drug-likeness (QED) is 0.740. The summed E-state index contributed by atoms with van der Waals surface area (Å²) in [5.41, 5.74) is 8.74. The molecule has 0 N–H and O–H groups in total. The first-order valence-electron chi connectivity index (χ1n) is 8.50. The SMILES string of the molecule is CC1=C(CC2=C(C)C(C)[n+]3ccccc32)c2cccc[n+]2C1C. The van der Waals surface area contributed by atoms with Gasteiger partial charge in [-0.2, -0.15) is 9.13 Å². The molecule has 0 spiro atoms. The highest BCUT2D eigenvalue weighted by Crippen LogP contribution is 2.40. The Hall–Kier alpha value is -2.22. The molecule has 2 heteroatoms. The summed E-state index contributed by atoms with van der Waals surface area (Å²) < 4.78 is 4.80. The lowest BCUT2D eigenvalue weighted by molar-refractivity contribution is -0.708. The molecule has 2 atom stereocenters. The van der Waals surface area contributed by atoms with E-state index in [0.717, 1.165) is 6.42 Å². The summed E-state index contributed by atoms with van der Waals surface area (Å²) in [7, 11) is 0. The van der Waals surface area contributed by atoms with Gasteiger partial charge >= 0.3 is 0 Å². The Kier molecular flexibility index (Phi) is 3.22. The third kappa shape index (κ3) is 2.01. The van der Waals surface area contributed by atoms with Crippen molar-refractivity contribution in [3.63, 3.8) is 0 Å². The normalized spacial score (nSPS) is 22.6. The number of rotatable bonds is 2. The Balaban J connectivity index is 1.80. The van der Waals surface area contributed by atoms with Crippen LogP contribution in [0.4, 0.5) is 0 Å². The predicted molar refractivity (Wildman–Crippen MR) is 92.5 cm³/mol. The maximum atomic E-state index is 2.40. The molecule has 0 saturated carbocycles. The summed E-state index contributed by atoms with van der Waals surface area (Å²) in [6, 6.07) is 14.0. The Labute approximate surface area is 138 Å². The van der Waals surface area contributed by atoms with Crippen molar-refractivity contribution in [1.82, 2.24) is 0 Å². The second-order valence-electron chi connectivity index (χ2n) is 6.84. The van der Waals surface area contributed by atoms with Gasteiger partial charge in [0.1, 0.15) is 0 Å². The molecule has 2 aliphatic heterocycles. The van der Waals surface area contributed by atoms with Gasteiger partial charge in [0.25, 0.3) is 0 Å². The Morgan fingerprint density at radius 3 is 1.61 bits per heavy atom. The zero-order valence-electron chi connectivity index (χ0n) is 14.4. The number of allylic oxidation sites excluding steroid dienone is 4. The molecule has 0 aromatic carbocycles. The monoisotopic (exact) mass is 304 g/mol. The van der Waals surface area contributed by atoms with Gasteiger partial charge in [0.15, 0.2) is 24.5 Å². The lowest BCUT2D eigenvalue weighted by Gasteiger charge is -2.03. The fourth-order valence-corrected chi connectivity index (χ4v) is 4.06. The fourth-order valence-electron chi connectivity index (χ4n) is 4.06. The molecular weight excluding hydrogens is 280 g/mol. The van der Waals surface area contributed by atoms with Crippen LogP contribution in [0.1, 0.15) is 57.6 Å². The van der Waals surface area contributed by atoms with E-state index < -0.39 is 0 Å². The van der Waals surface area contributed by atoms with Gasteiger partial charge in [-0.3, -0.25) is 0 Å². The highest BCUT2D eigenvalue weighted by molar-refractivity contribution is 5.80. The first kappa shape index (κ1) is 14.4. The van der Waals surface area contributed by atoms with Gasteiger partial charge in [0.2, 0.25) is 11.4 Å². The fraction of sp³-hybridized carbons (Fsp3) is 0.333. The van der Waals surface area contributed by atoms with E-state index in [1.165, 1.54) is 33.7 Å². The summed E-state index contributed by atoms with van der Waals surface area (Å²) in [6.07, 6.45) is 5.44. The van der Waals surface area contributed by atoms with E-state index in [4.69, 9.17) is 0 Å². The van der Waals surface area contributed by atoms with Gasteiger partial charge in [0, 0.05) is 66.8 Å². The maximum absolute atomic E-state index is 2.40. The van der Waals surface area contributed by atoms with E-state index in [-0.39, 0.29) is 0 Å². The van der Waals surface area contributed by atoms with Crippen molar-refractivity contribution in [3.8, 4) is 0 Å². The van der Waals surface area contributed by atoms with Crippen molar-refractivity contribution in [3.05, 3.63) is 71.3 Å². The molecule has 0 saturated heterocycles. The summed E-state index contributed by atoms with van der Waals surface area (Å²) in [4.78, 5) is 0. The van der Waals surface area contributed by atoms with Crippen molar-refractivity contribution in [2.24, 2.45) is 0 Å². The van der Waals surface area contributed by atoms with Crippen LogP contribution in [0, 0.1) is 0 Å². The Morgan fingerprint density at radius 1 is 0.739 bits per heavy atom. The maximum Gasteiger partial charge on any atom is 0.209 e. The largest absolute Gasteiger partial charge is 0.209 e. The van der Waals surface area contributed by atoms with E-state index in [9.17, 15) is 0 Å². The molecule has 2 aromatic rings. The van der Waals surface area contributed by atoms with Gasteiger partial charge in [-0.1, -0.05) is 0 Å². The first-order chi connectivity index (χ1) is 11.1. The number of hydrogen-bond acceptors (Lipinski definition) is 0. The van der Waals surface area contributed by atoms with E-state index in [0.29, 0.717) is 12.1 Å². The van der Waals surface area contributed by atoms with Crippen LogP contribution < -0.4 is 9.13 Å². The van der Waals surface area contributed by atoms with E-state index >= 15 is 0 Å². The van der Waals surface area contributed by atoms with Crippen molar-refractivity contribution in [2.45, 2.75) is 46.2 Å². The van der Waals surface area contributed by atoms with Crippen LogP contribution in [0.25, 0.3) is 11.1 Å². The molecule has 0 bridgehead atoms. The number of aromatic nitrogens is 2. The standard InChI is InChI=1S/C21H24N2/c1-14-16(3)22-11-7-5-9-20(22)18(14)13-19-15(2)17(4)23-12-8-6-10-21(19)23/h5-12,16-17H,13H2,1-4H3/q+2. The van der Waals surface area contributed by atoms with Gasteiger partial charge in [-0.15, -0.1) is 0 Å². The van der Waals surface area contributed by atoms with Gasteiger partial charge in [-0.25, -0.2) is 0 Å². The molecular formula is C21H24N2+2. The predicted octanol–water partition coefficient (Wildman–Crippen LogP) is 4.05. The van der Waals surface area contributed by atoms with Crippen LogP contribution >= 0.6 is 0 Å². The van der Waals surface area contributed by atoms with E-state index in [2.05, 4.69) is 85.6 Å². The number of fused-ring (bicyclic) bond motifs is 2. The molecule has 0 aliphatic carbocycles. The lowest BCUT2D eigenvalue weighted by Crippen LogP contribution is -2.37. The molecule has 4 rings (SSSR count). The molecule has 23 heavy (non-hydrogen) atoms. The number of nitrogens with zero attached hydrogens (tertiary/aromatic N) is 2. The zero-order chi connectivity index (χ0) is 16.1. The summed E-state index contributed by atoms with van der Waals surface area (Å²) in [6.45, 7) is 9.18. The number of hydrogen-bond donors (Lipinski definition) is 0. The summed E-state index contributed by atoms with van der Waals surface area (Å²) in [5, 5.41) is 0. The molecule has 2 unspecified atom stereocenters. The average Bonchev–Trinajstić information content (AvgIpc) is 2.97. The van der Waals surface area contributed by atoms with Crippen molar-refractivity contribution < 1.29 is 9.13 Å². The Morgan fingerprint density at radius 2 is 1.17 bits per heavy atom. The molecule has 0 amide bonds. The molecule has 2 aromatic heterocycles. The minimum Gasteiger partial charge on any atom is -0.192 e. The second-order valence-corrected chi connectivity index (χ2v) is 6.84. The third-order valence-corrected chi connectivity index (χ3v) is 5.79. The average molecular weight is 304 g/mol. The van der Waals surface area contributed by atoms with Crippen LogP contribution in [0.5, 0.6) is 0 Å². The smallest absolute Gasteiger partial charge is 0.192 e. The van der Waals surface area contributed by atoms with Crippen molar-refractivity contribution in [1.29, 1.82) is 0 Å². The topological polar surface area (TPSA) is 7.76 Å². The highest BCUT2D eigenvalue weighted by atomic mass is 15.0. The van der Waals surface area contributed by atoms with Crippen LogP contribution in [-0.4, -0.2) is 0 Å². The number of pyridine rings is 2. The summed E-state index contributed by atoms with van der Waals surface area (Å²) >= 11 is 0. The van der Waals surface area contributed by atoms with Crippen LogP contribution in [0.3, 0.4) is 0 Å². The van der Waals surface area contributed by atoms with E-state index in [1.807, 2.05) is 0 Å². The van der Waals surface area contributed by atoms with Crippen LogP contribution in [0.2, 0.25) is 0 Å². The second kappa shape index (κ2) is 5.16. The molecule has 4 heterocycles.